The number of hydrogen-bond donors (Lipinski definition) is 0. The van der Waals surface area contributed by atoms with Crippen molar-refractivity contribution in [2.75, 3.05) is 11.4 Å². The zero-order valence-corrected chi connectivity index (χ0v) is 14.5. The molecule has 0 unspecified atom stereocenters. The Morgan fingerprint density at radius 2 is 1.73 bits per heavy atom. The maximum absolute atomic E-state index is 4.75. The molecule has 2 heterocycles. The summed E-state index contributed by atoms with van der Waals surface area (Å²) in [6.07, 6.45) is 4.23. The van der Waals surface area contributed by atoms with Crippen molar-refractivity contribution in [2.24, 2.45) is 0 Å². The molecule has 0 saturated heterocycles. The van der Waals surface area contributed by atoms with E-state index < -0.39 is 0 Å². The largest absolute Gasteiger partial charge is 0.341 e. The molecule has 3 heteroatoms. The SMILES string of the molecule is c1cc(-c2ncc3ccccc3n2)cc(N2CCCc3ccccc32)c1. The molecule has 0 aliphatic carbocycles. The minimum absolute atomic E-state index is 0.774. The first-order valence-corrected chi connectivity index (χ1v) is 9.06. The summed E-state index contributed by atoms with van der Waals surface area (Å²) in [4.78, 5) is 11.7. The third-order valence-electron chi connectivity index (χ3n) is 5.02. The maximum atomic E-state index is 4.75. The highest BCUT2D eigenvalue weighted by molar-refractivity contribution is 5.80. The van der Waals surface area contributed by atoms with Crippen LogP contribution in [0.1, 0.15) is 12.0 Å². The van der Waals surface area contributed by atoms with E-state index >= 15 is 0 Å². The van der Waals surface area contributed by atoms with Crippen LogP contribution in [0.15, 0.2) is 79.0 Å². The monoisotopic (exact) mass is 337 g/mol. The number of aryl methyl sites for hydroxylation is 1. The first kappa shape index (κ1) is 15.1. The summed E-state index contributed by atoms with van der Waals surface area (Å²) in [5, 5.41) is 1.07. The normalized spacial score (nSPS) is 13.6. The molecule has 3 nitrogen and oxygen atoms in total. The summed E-state index contributed by atoms with van der Waals surface area (Å²) in [5.41, 5.74) is 5.97. The maximum Gasteiger partial charge on any atom is 0.159 e. The van der Waals surface area contributed by atoms with Crippen molar-refractivity contribution >= 4 is 22.3 Å². The van der Waals surface area contributed by atoms with Gasteiger partial charge in [-0.05, 0) is 42.7 Å². The lowest BCUT2D eigenvalue weighted by Crippen LogP contribution is -2.24. The summed E-state index contributed by atoms with van der Waals surface area (Å²) in [6.45, 7) is 1.04. The molecule has 3 aromatic carbocycles. The standard InChI is InChI=1S/C23H19N3/c1-3-12-21-19(8-1)16-24-23(25-21)18-9-5-11-20(15-18)26-14-6-10-17-7-2-4-13-22(17)26/h1-5,7-9,11-13,15-16H,6,10,14H2. The van der Waals surface area contributed by atoms with Gasteiger partial charge in [0.1, 0.15) is 0 Å². The highest BCUT2D eigenvalue weighted by Crippen LogP contribution is 2.34. The van der Waals surface area contributed by atoms with E-state index in [4.69, 9.17) is 4.98 Å². The Hall–Kier alpha value is -3.20. The molecule has 5 rings (SSSR count). The van der Waals surface area contributed by atoms with Crippen molar-refractivity contribution in [3.05, 3.63) is 84.6 Å². The first-order valence-electron chi connectivity index (χ1n) is 9.06. The van der Waals surface area contributed by atoms with E-state index in [2.05, 4.69) is 58.4 Å². The average Bonchev–Trinajstić information content (AvgIpc) is 2.73. The van der Waals surface area contributed by atoms with E-state index in [9.17, 15) is 0 Å². The first-order chi connectivity index (χ1) is 12.9. The summed E-state index contributed by atoms with van der Waals surface area (Å²) < 4.78 is 0. The smallest absolute Gasteiger partial charge is 0.159 e. The summed E-state index contributed by atoms with van der Waals surface area (Å²) in [7, 11) is 0. The Morgan fingerprint density at radius 1 is 0.846 bits per heavy atom. The van der Waals surface area contributed by atoms with Gasteiger partial charge < -0.3 is 4.90 Å². The molecule has 0 fully saturated rings. The zero-order valence-electron chi connectivity index (χ0n) is 14.5. The van der Waals surface area contributed by atoms with Gasteiger partial charge in [0.25, 0.3) is 0 Å². The predicted octanol–water partition coefficient (Wildman–Crippen LogP) is 5.38. The van der Waals surface area contributed by atoms with Gasteiger partial charge in [-0.15, -0.1) is 0 Å². The van der Waals surface area contributed by atoms with Crippen molar-refractivity contribution in [3.63, 3.8) is 0 Å². The van der Waals surface area contributed by atoms with Crippen LogP contribution >= 0.6 is 0 Å². The van der Waals surface area contributed by atoms with Crippen LogP contribution in [0.3, 0.4) is 0 Å². The van der Waals surface area contributed by atoms with E-state index in [1.165, 1.54) is 23.4 Å². The minimum atomic E-state index is 0.774. The summed E-state index contributed by atoms with van der Waals surface area (Å²) in [5.74, 6) is 0.774. The number of nitrogens with zero attached hydrogens (tertiary/aromatic N) is 3. The van der Waals surface area contributed by atoms with E-state index in [1.54, 1.807) is 0 Å². The molecule has 4 aromatic rings. The third kappa shape index (κ3) is 2.62. The number of fused-ring (bicyclic) bond motifs is 2. The van der Waals surface area contributed by atoms with E-state index in [0.29, 0.717) is 0 Å². The molecule has 26 heavy (non-hydrogen) atoms. The van der Waals surface area contributed by atoms with Crippen LogP contribution in [-0.4, -0.2) is 16.5 Å². The van der Waals surface area contributed by atoms with Gasteiger partial charge in [-0.3, -0.25) is 0 Å². The number of para-hydroxylation sites is 2. The lowest BCUT2D eigenvalue weighted by atomic mass is 10.0. The van der Waals surface area contributed by atoms with Gasteiger partial charge in [0, 0.05) is 35.1 Å². The van der Waals surface area contributed by atoms with Crippen LogP contribution < -0.4 is 4.90 Å². The minimum Gasteiger partial charge on any atom is -0.341 e. The zero-order chi connectivity index (χ0) is 17.3. The Balaban J connectivity index is 1.57. The molecule has 1 aliphatic heterocycles. The summed E-state index contributed by atoms with van der Waals surface area (Å²) in [6, 6.07) is 25.4. The van der Waals surface area contributed by atoms with E-state index in [-0.39, 0.29) is 0 Å². The lowest BCUT2D eigenvalue weighted by Gasteiger charge is -2.31. The fourth-order valence-electron chi connectivity index (χ4n) is 3.73. The van der Waals surface area contributed by atoms with Gasteiger partial charge in [0.05, 0.1) is 5.52 Å². The van der Waals surface area contributed by atoms with Crippen LogP contribution in [0.2, 0.25) is 0 Å². The van der Waals surface area contributed by atoms with E-state index in [1.807, 2.05) is 30.5 Å². The second-order valence-electron chi connectivity index (χ2n) is 6.69. The molecule has 1 aromatic heterocycles. The highest BCUT2D eigenvalue weighted by atomic mass is 15.1. The topological polar surface area (TPSA) is 29.0 Å². The molecule has 0 saturated carbocycles. The molecule has 0 spiro atoms. The number of hydrogen-bond acceptors (Lipinski definition) is 3. The van der Waals surface area contributed by atoms with Crippen molar-refractivity contribution < 1.29 is 0 Å². The number of rotatable bonds is 2. The van der Waals surface area contributed by atoms with Crippen LogP contribution in [0.5, 0.6) is 0 Å². The Labute approximate surface area is 153 Å². The second kappa shape index (κ2) is 6.26. The molecule has 0 atom stereocenters. The molecule has 126 valence electrons. The fraction of sp³-hybridized carbons (Fsp3) is 0.130. The van der Waals surface area contributed by atoms with Crippen LogP contribution in [0.4, 0.5) is 11.4 Å². The molecular formula is C23H19N3. The molecular weight excluding hydrogens is 318 g/mol. The molecule has 0 amide bonds. The number of anilines is 2. The second-order valence-corrected chi connectivity index (χ2v) is 6.69. The van der Waals surface area contributed by atoms with Gasteiger partial charge >= 0.3 is 0 Å². The van der Waals surface area contributed by atoms with Crippen molar-refractivity contribution in [1.82, 2.24) is 9.97 Å². The molecule has 1 aliphatic rings. The predicted molar refractivity (Wildman–Crippen MR) is 107 cm³/mol. The molecule has 0 radical (unpaired) electrons. The number of benzene rings is 3. The third-order valence-corrected chi connectivity index (χ3v) is 5.02. The lowest BCUT2D eigenvalue weighted by molar-refractivity contribution is 0.767. The molecule has 0 bridgehead atoms. The van der Waals surface area contributed by atoms with E-state index in [0.717, 1.165) is 35.3 Å². The Kier molecular flexibility index (Phi) is 3.64. The van der Waals surface area contributed by atoms with Gasteiger partial charge in [-0.2, -0.15) is 0 Å². The van der Waals surface area contributed by atoms with Gasteiger partial charge in [0.15, 0.2) is 5.82 Å². The Morgan fingerprint density at radius 3 is 2.73 bits per heavy atom. The van der Waals surface area contributed by atoms with Gasteiger partial charge in [-0.1, -0.05) is 48.5 Å². The van der Waals surface area contributed by atoms with Crippen molar-refractivity contribution in [2.45, 2.75) is 12.8 Å². The fourth-order valence-corrected chi connectivity index (χ4v) is 3.73. The summed E-state index contributed by atoms with van der Waals surface area (Å²) >= 11 is 0. The van der Waals surface area contributed by atoms with Gasteiger partial charge in [0.2, 0.25) is 0 Å². The highest BCUT2D eigenvalue weighted by Gasteiger charge is 2.18. The quantitative estimate of drug-likeness (QED) is 0.492. The number of aromatic nitrogens is 2. The van der Waals surface area contributed by atoms with Crippen LogP contribution in [0, 0.1) is 0 Å². The van der Waals surface area contributed by atoms with Crippen LogP contribution in [-0.2, 0) is 6.42 Å². The van der Waals surface area contributed by atoms with Gasteiger partial charge in [-0.25, -0.2) is 9.97 Å². The Bertz CT molecular complexity index is 1090. The van der Waals surface area contributed by atoms with Crippen LogP contribution in [0.25, 0.3) is 22.3 Å². The molecule has 0 N–H and O–H groups in total. The van der Waals surface area contributed by atoms with Crippen molar-refractivity contribution in [1.29, 1.82) is 0 Å². The van der Waals surface area contributed by atoms with Crippen molar-refractivity contribution in [3.8, 4) is 11.4 Å². The average molecular weight is 337 g/mol.